The van der Waals surface area contributed by atoms with Gasteiger partial charge in [0.2, 0.25) is 5.75 Å². The van der Waals surface area contributed by atoms with Gasteiger partial charge in [0.05, 0.1) is 32.9 Å². The Bertz CT molecular complexity index is 1350. The van der Waals surface area contributed by atoms with Crippen LogP contribution in [0.15, 0.2) is 65.2 Å². The number of aryl methyl sites for hydroxylation is 1. The molecule has 1 amide bonds. The van der Waals surface area contributed by atoms with E-state index >= 15 is 0 Å². The molecule has 0 saturated carbocycles. The molecule has 37 heavy (non-hydrogen) atoms. The zero-order valence-corrected chi connectivity index (χ0v) is 20.8. The fourth-order valence-electron chi connectivity index (χ4n) is 4.13. The van der Waals surface area contributed by atoms with Gasteiger partial charge in [0, 0.05) is 11.6 Å². The largest absolute Gasteiger partial charge is 0.507 e. The Hall–Kier alpha value is -4.73. The van der Waals surface area contributed by atoms with E-state index in [0.29, 0.717) is 46.5 Å². The smallest absolute Gasteiger partial charge is 0.301 e. The molecule has 0 bridgehead atoms. The van der Waals surface area contributed by atoms with Gasteiger partial charge in [-0.3, -0.25) is 14.5 Å². The molecular formula is C27H26N2O8. The molecule has 1 aliphatic heterocycles. The topological polar surface area (TPSA) is 121 Å². The van der Waals surface area contributed by atoms with E-state index in [4.69, 9.17) is 23.5 Å². The second kappa shape index (κ2) is 10.5. The van der Waals surface area contributed by atoms with E-state index in [2.05, 4.69) is 11.7 Å². The van der Waals surface area contributed by atoms with Crippen molar-refractivity contribution in [3.05, 3.63) is 77.6 Å². The highest BCUT2D eigenvalue weighted by Crippen LogP contribution is 2.47. The maximum Gasteiger partial charge on any atom is 0.301 e. The lowest BCUT2D eigenvalue weighted by Gasteiger charge is -2.24. The molecule has 2 heterocycles. The molecule has 3 aromatic rings. The van der Waals surface area contributed by atoms with E-state index in [1.165, 1.54) is 32.3 Å². The van der Waals surface area contributed by atoms with Gasteiger partial charge in [-0.15, -0.1) is 0 Å². The first kappa shape index (κ1) is 25.4. The number of amides is 1. The molecule has 0 radical (unpaired) electrons. The van der Waals surface area contributed by atoms with Crippen molar-refractivity contribution < 1.29 is 38.2 Å². The first-order valence-electron chi connectivity index (χ1n) is 11.2. The van der Waals surface area contributed by atoms with Crippen LogP contribution in [-0.2, 0) is 9.59 Å². The molecule has 1 aromatic heterocycles. The molecule has 4 rings (SSSR count). The zero-order chi connectivity index (χ0) is 26.7. The van der Waals surface area contributed by atoms with Gasteiger partial charge in [-0.2, -0.15) is 0 Å². The van der Waals surface area contributed by atoms with Crippen molar-refractivity contribution in [2.75, 3.05) is 32.8 Å². The fraction of sp³-hybridized carbons (Fsp3) is 0.222. The van der Waals surface area contributed by atoms with Crippen LogP contribution in [0.4, 0.5) is 5.82 Å². The van der Waals surface area contributed by atoms with E-state index in [1.807, 2.05) is 0 Å². The Morgan fingerprint density at radius 1 is 1.08 bits per heavy atom. The third-order valence-corrected chi connectivity index (χ3v) is 5.81. The van der Waals surface area contributed by atoms with E-state index in [9.17, 15) is 14.7 Å². The van der Waals surface area contributed by atoms with Gasteiger partial charge in [0.15, 0.2) is 17.3 Å². The molecule has 1 saturated heterocycles. The Labute approximate surface area is 213 Å². The maximum absolute atomic E-state index is 13.3. The normalized spacial score (nSPS) is 16.5. The number of hydrogen-bond acceptors (Lipinski definition) is 9. The van der Waals surface area contributed by atoms with E-state index in [0.717, 1.165) is 0 Å². The molecule has 1 N–H and O–H groups in total. The van der Waals surface area contributed by atoms with Gasteiger partial charge in [0.1, 0.15) is 23.9 Å². The molecule has 2 aromatic carbocycles. The summed E-state index contributed by atoms with van der Waals surface area (Å²) < 4.78 is 27.0. The Morgan fingerprint density at radius 3 is 2.24 bits per heavy atom. The second-order valence-electron chi connectivity index (χ2n) is 8.05. The highest BCUT2D eigenvalue weighted by molar-refractivity contribution is 6.51. The van der Waals surface area contributed by atoms with Gasteiger partial charge >= 0.3 is 5.91 Å². The molecule has 0 aliphatic carbocycles. The molecule has 1 aliphatic rings. The number of hydrogen-bond donors (Lipinski definition) is 1. The lowest BCUT2D eigenvalue weighted by molar-refractivity contribution is -0.132. The number of benzene rings is 2. The number of anilines is 1. The minimum Gasteiger partial charge on any atom is -0.507 e. The molecule has 192 valence electrons. The van der Waals surface area contributed by atoms with Crippen LogP contribution in [0.5, 0.6) is 23.0 Å². The first-order chi connectivity index (χ1) is 17.8. The predicted molar refractivity (Wildman–Crippen MR) is 134 cm³/mol. The third kappa shape index (κ3) is 4.61. The van der Waals surface area contributed by atoms with Crippen molar-refractivity contribution in [3.8, 4) is 23.0 Å². The average Bonchev–Trinajstić information content (AvgIpc) is 3.46. The molecule has 1 atom stereocenters. The van der Waals surface area contributed by atoms with Crippen LogP contribution in [0, 0.1) is 6.92 Å². The number of aliphatic hydroxyl groups excluding tert-OH is 1. The van der Waals surface area contributed by atoms with Crippen molar-refractivity contribution in [2.45, 2.75) is 13.0 Å². The Morgan fingerprint density at radius 2 is 1.73 bits per heavy atom. The van der Waals surface area contributed by atoms with Crippen LogP contribution in [0.2, 0.25) is 0 Å². The van der Waals surface area contributed by atoms with Gasteiger partial charge in [-0.05, 0) is 48.9 Å². The van der Waals surface area contributed by atoms with Gasteiger partial charge < -0.3 is 28.6 Å². The number of ether oxygens (including phenoxy) is 4. The minimum atomic E-state index is -1.07. The van der Waals surface area contributed by atoms with Crippen LogP contribution >= 0.6 is 0 Å². The number of Topliss-reactive ketones (excluding diaryl/α,β-unsaturated/α-hetero) is 1. The standard InChI is InChI=1S/C27H26N2O8/c1-6-11-36-18-9-7-16(8-10-18)24(30)22-23(17-13-19(33-3)26(35-5)20(14-17)34-4)29(27(32)25(22)31)21-12-15(2)37-28-21/h6-10,12-14,23,30H,1,11H2,2-5H3/t23-/m0/s1. The Kier molecular flexibility index (Phi) is 7.19. The summed E-state index contributed by atoms with van der Waals surface area (Å²) in [6.07, 6.45) is 1.61. The van der Waals surface area contributed by atoms with E-state index in [-0.39, 0.29) is 17.2 Å². The van der Waals surface area contributed by atoms with Gasteiger partial charge in [-0.1, -0.05) is 17.8 Å². The minimum absolute atomic E-state index is 0.116. The lowest BCUT2D eigenvalue weighted by Crippen LogP contribution is -2.29. The SMILES string of the molecule is C=CCOc1ccc(C(O)=C2C(=O)C(=O)N(c3cc(C)on3)[C@H]2c2cc(OC)c(OC)c(OC)c2)cc1. The molecule has 1 fully saturated rings. The summed E-state index contributed by atoms with van der Waals surface area (Å²) in [4.78, 5) is 27.8. The molecule has 10 heteroatoms. The number of aromatic nitrogens is 1. The second-order valence-corrected chi connectivity index (χ2v) is 8.05. The van der Waals surface area contributed by atoms with Crippen molar-refractivity contribution in [2.24, 2.45) is 0 Å². The number of methoxy groups -OCH3 is 3. The molecule has 0 spiro atoms. The summed E-state index contributed by atoms with van der Waals surface area (Å²) in [6, 6.07) is 10.1. The monoisotopic (exact) mass is 506 g/mol. The number of rotatable bonds is 9. The Balaban J connectivity index is 1.93. The fourth-order valence-corrected chi connectivity index (χ4v) is 4.13. The summed E-state index contributed by atoms with van der Waals surface area (Å²) in [6.45, 7) is 5.59. The van der Waals surface area contributed by atoms with Crippen molar-refractivity contribution in [1.29, 1.82) is 0 Å². The van der Waals surface area contributed by atoms with Gasteiger partial charge in [-0.25, -0.2) is 0 Å². The first-order valence-corrected chi connectivity index (χ1v) is 11.2. The summed E-state index contributed by atoms with van der Waals surface area (Å²) in [5, 5.41) is 15.3. The zero-order valence-electron chi connectivity index (χ0n) is 20.8. The summed E-state index contributed by atoms with van der Waals surface area (Å²) in [5.41, 5.74) is 0.597. The van der Waals surface area contributed by atoms with E-state index in [1.54, 1.807) is 49.4 Å². The van der Waals surface area contributed by atoms with Crippen molar-refractivity contribution in [1.82, 2.24) is 5.16 Å². The summed E-state index contributed by atoms with van der Waals surface area (Å²) >= 11 is 0. The maximum atomic E-state index is 13.3. The van der Waals surface area contributed by atoms with E-state index < -0.39 is 17.7 Å². The number of carbonyl (C=O) groups excluding carboxylic acids is 2. The third-order valence-electron chi connectivity index (χ3n) is 5.81. The van der Waals surface area contributed by atoms with Crippen LogP contribution in [0.1, 0.15) is 22.9 Å². The van der Waals surface area contributed by atoms with Crippen LogP contribution in [0.3, 0.4) is 0 Å². The quantitative estimate of drug-likeness (QED) is 0.197. The van der Waals surface area contributed by atoms with Crippen molar-refractivity contribution in [3.63, 3.8) is 0 Å². The molecule has 0 unspecified atom stereocenters. The van der Waals surface area contributed by atoms with Crippen molar-refractivity contribution >= 4 is 23.3 Å². The molecule has 10 nitrogen and oxygen atoms in total. The van der Waals surface area contributed by atoms with Crippen LogP contribution in [0.25, 0.3) is 5.76 Å². The van der Waals surface area contributed by atoms with Crippen LogP contribution in [-0.4, -0.2) is 49.9 Å². The van der Waals surface area contributed by atoms with Gasteiger partial charge in [0.25, 0.3) is 5.78 Å². The number of aliphatic hydroxyl groups is 1. The highest BCUT2D eigenvalue weighted by atomic mass is 16.5. The predicted octanol–water partition coefficient (Wildman–Crippen LogP) is 4.20. The lowest BCUT2D eigenvalue weighted by atomic mass is 9.94. The van der Waals surface area contributed by atoms with Crippen LogP contribution < -0.4 is 23.8 Å². The number of carbonyl (C=O) groups is 2. The highest BCUT2D eigenvalue weighted by Gasteiger charge is 2.48. The average molecular weight is 507 g/mol. The molecular weight excluding hydrogens is 480 g/mol. The number of ketones is 1. The summed E-state index contributed by atoms with van der Waals surface area (Å²) in [5.74, 6) is -0.0704. The summed E-state index contributed by atoms with van der Waals surface area (Å²) in [7, 11) is 4.37. The number of nitrogens with zero attached hydrogens (tertiary/aromatic N) is 2.